The van der Waals surface area contributed by atoms with Crippen molar-refractivity contribution in [2.24, 2.45) is 5.73 Å². The van der Waals surface area contributed by atoms with E-state index in [9.17, 15) is 4.79 Å². The lowest BCUT2D eigenvalue weighted by Gasteiger charge is -2.34. The van der Waals surface area contributed by atoms with Gasteiger partial charge in [0.05, 0.1) is 12.6 Å². The van der Waals surface area contributed by atoms with E-state index in [1.165, 1.54) is 5.56 Å². The molecule has 0 saturated carbocycles. The highest BCUT2D eigenvalue weighted by atomic mass is 16.5. The number of nitrogens with two attached hydrogens (primary N) is 1. The van der Waals surface area contributed by atoms with Crippen molar-refractivity contribution in [3.63, 3.8) is 0 Å². The Hall–Kier alpha value is -1.39. The van der Waals surface area contributed by atoms with Crippen LogP contribution in [-0.4, -0.2) is 37.1 Å². The van der Waals surface area contributed by atoms with Gasteiger partial charge in [0.15, 0.2) is 0 Å². The van der Waals surface area contributed by atoms with E-state index in [4.69, 9.17) is 10.5 Å². The Morgan fingerprint density at radius 3 is 2.95 bits per heavy atom. The molecule has 4 nitrogen and oxygen atoms in total. The number of carbonyl (C=O) groups is 1. The third-order valence-electron chi connectivity index (χ3n) is 3.91. The monoisotopic (exact) mass is 276 g/mol. The highest BCUT2D eigenvalue weighted by Gasteiger charge is 2.32. The minimum atomic E-state index is -0.0416. The second-order valence-electron chi connectivity index (χ2n) is 5.49. The number of benzene rings is 1. The van der Waals surface area contributed by atoms with Crippen molar-refractivity contribution in [3.8, 4) is 0 Å². The number of hydrogen-bond acceptors (Lipinski definition) is 3. The van der Waals surface area contributed by atoms with Crippen LogP contribution in [0, 0.1) is 6.92 Å². The molecule has 20 heavy (non-hydrogen) atoms. The first kappa shape index (κ1) is 15.0. The molecule has 0 spiro atoms. The molecule has 1 aromatic carbocycles. The summed E-state index contributed by atoms with van der Waals surface area (Å²) in [6.07, 6.45) is 2.33. The van der Waals surface area contributed by atoms with Gasteiger partial charge in [-0.3, -0.25) is 4.79 Å². The number of hydrogen-bond donors (Lipinski definition) is 1. The standard InChI is InChI=1S/C16H24N2O2/c1-12-5-3-6-13(11-12)16-14(17)7-4-8-15(19)18(16)9-10-20-2/h3,5-6,11,14,16H,4,7-10,17H2,1-2H3. The van der Waals surface area contributed by atoms with Crippen LogP contribution in [0.4, 0.5) is 0 Å². The van der Waals surface area contributed by atoms with Crippen LogP contribution in [0.15, 0.2) is 24.3 Å². The minimum absolute atomic E-state index is 0.0138. The van der Waals surface area contributed by atoms with E-state index in [0.717, 1.165) is 18.4 Å². The number of aryl methyl sites for hydroxylation is 1. The van der Waals surface area contributed by atoms with Crippen molar-refractivity contribution in [2.75, 3.05) is 20.3 Å². The summed E-state index contributed by atoms with van der Waals surface area (Å²) in [5, 5.41) is 0. The smallest absolute Gasteiger partial charge is 0.223 e. The molecule has 1 aliphatic rings. The average Bonchev–Trinajstić information content (AvgIpc) is 2.55. The number of ether oxygens (including phenoxy) is 1. The molecule has 1 aliphatic heterocycles. The number of nitrogens with zero attached hydrogens (tertiary/aromatic N) is 1. The maximum Gasteiger partial charge on any atom is 0.223 e. The maximum atomic E-state index is 12.3. The number of methoxy groups -OCH3 is 1. The molecule has 2 unspecified atom stereocenters. The SMILES string of the molecule is COCCN1C(=O)CCCC(N)C1c1cccc(C)c1. The molecule has 0 aromatic heterocycles. The van der Waals surface area contributed by atoms with Gasteiger partial charge in [0, 0.05) is 26.1 Å². The summed E-state index contributed by atoms with van der Waals surface area (Å²) < 4.78 is 5.14. The first-order valence-corrected chi connectivity index (χ1v) is 7.24. The van der Waals surface area contributed by atoms with Gasteiger partial charge in [0.2, 0.25) is 5.91 Å². The summed E-state index contributed by atoms with van der Waals surface area (Å²) in [5.74, 6) is 0.182. The Kier molecular flexibility index (Phi) is 5.15. The van der Waals surface area contributed by atoms with Crippen LogP contribution in [0.2, 0.25) is 0 Å². The number of amides is 1. The highest BCUT2D eigenvalue weighted by Crippen LogP contribution is 2.30. The van der Waals surface area contributed by atoms with Gasteiger partial charge in [0.25, 0.3) is 0 Å². The fraction of sp³-hybridized carbons (Fsp3) is 0.562. The number of likely N-dealkylation sites (tertiary alicyclic amines) is 1. The van der Waals surface area contributed by atoms with E-state index in [2.05, 4.69) is 25.1 Å². The Morgan fingerprint density at radius 1 is 1.45 bits per heavy atom. The first-order valence-electron chi connectivity index (χ1n) is 7.24. The number of rotatable bonds is 4. The molecule has 0 aliphatic carbocycles. The van der Waals surface area contributed by atoms with Gasteiger partial charge < -0.3 is 15.4 Å². The van der Waals surface area contributed by atoms with Crippen LogP contribution < -0.4 is 5.73 Å². The average molecular weight is 276 g/mol. The zero-order chi connectivity index (χ0) is 14.5. The molecule has 1 heterocycles. The van der Waals surface area contributed by atoms with Gasteiger partial charge in [-0.15, -0.1) is 0 Å². The van der Waals surface area contributed by atoms with Gasteiger partial charge in [0.1, 0.15) is 0 Å². The third-order valence-corrected chi connectivity index (χ3v) is 3.91. The van der Waals surface area contributed by atoms with Crippen molar-refractivity contribution in [1.82, 2.24) is 4.90 Å². The van der Waals surface area contributed by atoms with Crippen molar-refractivity contribution in [2.45, 2.75) is 38.3 Å². The lowest BCUT2D eigenvalue weighted by molar-refractivity contribution is -0.134. The Bertz CT molecular complexity index is 462. The van der Waals surface area contributed by atoms with E-state index in [-0.39, 0.29) is 18.0 Å². The highest BCUT2D eigenvalue weighted by molar-refractivity contribution is 5.77. The molecule has 1 fully saturated rings. The predicted octanol–water partition coefficient (Wildman–Crippen LogP) is 2.02. The van der Waals surface area contributed by atoms with Crippen molar-refractivity contribution in [1.29, 1.82) is 0 Å². The topological polar surface area (TPSA) is 55.6 Å². The van der Waals surface area contributed by atoms with Crippen molar-refractivity contribution in [3.05, 3.63) is 35.4 Å². The molecule has 2 N–H and O–H groups in total. The summed E-state index contributed by atoms with van der Waals surface area (Å²) in [5.41, 5.74) is 8.67. The van der Waals surface area contributed by atoms with Crippen LogP contribution >= 0.6 is 0 Å². The predicted molar refractivity (Wildman–Crippen MR) is 79.3 cm³/mol. The van der Waals surface area contributed by atoms with E-state index >= 15 is 0 Å². The summed E-state index contributed by atoms with van der Waals surface area (Å²) in [6.45, 7) is 3.20. The summed E-state index contributed by atoms with van der Waals surface area (Å²) >= 11 is 0. The minimum Gasteiger partial charge on any atom is -0.383 e. The van der Waals surface area contributed by atoms with Gasteiger partial charge in [-0.05, 0) is 25.3 Å². The van der Waals surface area contributed by atoms with Crippen molar-refractivity contribution < 1.29 is 9.53 Å². The molecular formula is C16H24N2O2. The Balaban J connectivity index is 2.32. The van der Waals surface area contributed by atoms with Gasteiger partial charge in [-0.1, -0.05) is 29.8 Å². The van der Waals surface area contributed by atoms with Crippen LogP contribution in [-0.2, 0) is 9.53 Å². The molecule has 4 heteroatoms. The third kappa shape index (κ3) is 3.38. The second-order valence-corrected chi connectivity index (χ2v) is 5.49. The number of carbonyl (C=O) groups excluding carboxylic acids is 1. The summed E-state index contributed by atoms with van der Waals surface area (Å²) in [4.78, 5) is 14.2. The van der Waals surface area contributed by atoms with E-state index in [1.807, 2.05) is 11.0 Å². The molecule has 0 bridgehead atoms. The van der Waals surface area contributed by atoms with E-state index < -0.39 is 0 Å². The maximum absolute atomic E-state index is 12.3. The van der Waals surface area contributed by atoms with Gasteiger partial charge >= 0.3 is 0 Å². The van der Waals surface area contributed by atoms with Gasteiger partial charge in [-0.25, -0.2) is 0 Å². The van der Waals surface area contributed by atoms with Crippen LogP contribution in [0.5, 0.6) is 0 Å². The largest absolute Gasteiger partial charge is 0.383 e. The van der Waals surface area contributed by atoms with Gasteiger partial charge in [-0.2, -0.15) is 0 Å². The van der Waals surface area contributed by atoms with Crippen LogP contribution in [0.3, 0.4) is 0 Å². The second kappa shape index (κ2) is 6.86. The molecule has 1 saturated heterocycles. The Labute approximate surface area is 120 Å². The van der Waals surface area contributed by atoms with Crippen molar-refractivity contribution >= 4 is 5.91 Å². The van der Waals surface area contributed by atoms with E-state index in [0.29, 0.717) is 19.6 Å². The fourth-order valence-electron chi connectivity index (χ4n) is 2.91. The van der Waals surface area contributed by atoms with Crippen LogP contribution in [0.1, 0.15) is 36.4 Å². The molecule has 1 amide bonds. The summed E-state index contributed by atoms with van der Waals surface area (Å²) in [6, 6.07) is 8.23. The normalized spacial score (nSPS) is 23.8. The molecule has 110 valence electrons. The lowest BCUT2D eigenvalue weighted by atomic mass is 9.95. The fourth-order valence-corrected chi connectivity index (χ4v) is 2.91. The molecule has 0 radical (unpaired) electrons. The first-order chi connectivity index (χ1) is 9.63. The zero-order valence-corrected chi connectivity index (χ0v) is 12.3. The molecular weight excluding hydrogens is 252 g/mol. The Morgan fingerprint density at radius 2 is 2.25 bits per heavy atom. The summed E-state index contributed by atoms with van der Waals surface area (Å²) in [7, 11) is 1.66. The van der Waals surface area contributed by atoms with E-state index in [1.54, 1.807) is 7.11 Å². The quantitative estimate of drug-likeness (QED) is 0.915. The van der Waals surface area contributed by atoms with Crippen LogP contribution in [0.25, 0.3) is 0 Å². The zero-order valence-electron chi connectivity index (χ0n) is 12.3. The lowest BCUT2D eigenvalue weighted by Crippen LogP contribution is -2.43. The molecule has 2 atom stereocenters. The molecule has 1 aromatic rings. The molecule has 2 rings (SSSR count).